The molecule has 5 nitrogen and oxygen atoms in total. The first-order valence-corrected chi connectivity index (χ1v) is 7.58. The van der Waals surface area contributed by atoms with E-state index in [2.05, 4.69) is 17.1 Å². The minimum atomic E-state index is -3.41. The molecule has 0 bridgehead atoms. The first-order valence-electron chi connectivity index (χ1n) is 6.10. The van der Waals surface area contributed by atoms with Gasteiger partial charge in [-0.25, -0.2) is 13.1 Å². The van der Waals surface area contributed by atoms with Crippen molar-refractivity contribution in [2.24, 2.45) is 11.8 Å². The molecule has 1 fully saturated rings. The van der Waals surface area contributed by atoms with Crippen LogP contribution in [0.25, 0.3) is 0 Å². The number of nitrogen functional groups attached to an aromatic ring is 1. The van der Waals surface area contributed by atoms with Crippen LogP contribution >= 0.6 is 0 Å². The molecule has 4 N–H and O–H groups in total. The van der Waals surface area contributed by atoms with Crippen molar-refractivity contribution in [3.8, 4) is 0 Å². The highest BCUT2D eigenvalue weighted by atomic mass is 32.2. The lowest BCUT2D eigenvalue weighted by Gasteiger charge is -2.13. The molecule has 0 amide bonds. The van der Waals surface area contributed by atoms with Crippen molar-refractivity contribution < 1.29 is 8.42 Å². The van der Waals surface area contributed by atoms with Gasteiger partial charge in [0, 0.05) is 11.7 Å². The zero-order chi connectivity index (χ0) is 13.2. The van der Waals surface area contributed by atoms with Gasteiger partial charge in [0.2, 0.25) is 10.0 Å². The van der Waals surface area contributed by atoms with Crippen LogP contribution in [0.4, 0.5) is 5.69 Å². The summed E-state index contributed by atoms with van der Waals surface area (Å²) in [5.74, 6) is 5.84. The number of sulfonamides is 1. The van der Waals surface area contributed by atoms with E-state index in [0.717, 1.165) is 19.3 Å². The van der Waals surface area contributed by atoms with Crippen molar-refractivity contribution in [3.05, 3.63) is 24.3 Å². The first-order chi connectivity index (χ1) is 8.51. The van der Waals surface area contributed by atoms with E-state index in [-0.39, 0.29) is 10.9 Å². The molecular weight excluding hydrogens is 250 g/mol. The Morgan fingerprint density at radius 2 is 1.89 bits per heavy atom. The Kier molecular flexibility index (Phi) is 3.89. The van der Waals surface area contributed by atoms with Crippen LogP contribution in [-0.2, 0) is 10.0 Å². The summed E-state index contributed by atoms with van der Waals surface area (Å²) < 4.78 is 27.0. The van der Waals surface area contributed by atoms with Crippen LogP contribution in [0, 0.1) is 5.92 Å². The summed E-state index contributed by atoms with van der Waals surface area (Å²) in [4.78, 5) is 0.279. The van der Waals surface area contributed by atoms with E-state index in [1.807, 2.05) is 0 Å². The van der Waals surface area contributed by atoms with E-state index < -0.39 is 10.0 Å². The second-order valence-electron chi connectivity index (χ2n) is 4.91. The molecule has 1 aromatic rings. The third-order valence-electron chi connectivity index (χ3n) is 3.35. The van der Waals surface area contributed by atoms with Gasteiger partial charge in [-0.05, 0) is 49.4 Å². The van der Waals surface area contributed by atoms with Crippen LogP contribution in [0.3, 0.4) is 0 Å². The number of hydrazine groups is 1. The Balaban J connectivity index is 2.10. The fourth-order valence-corrected chi connectivity index (χ4v) is 3.62. The van der Waals surface area contributed by atoms with Crippen LogP contribution in [0.2, 0.25) is 0 Å². The summed E-state index contributed by atoms with van der Waals surface area (Å²) >= 11 is 0. The van der Waals surface area contributed by atoms with Crippen LogP contribution in [0.15, 0.2) is 29.2 Å². The summed E-state index contributed by atoms with van der Waals surface area (Å²) in [5.41, 5.74) is 3.15. The second-order valence-corrected chi connectivity index (χ2v) is 6.62. The molecule has 1 saturated carbocycles. The van der Waals surface area contributed by atoms with Gasteiger partial charge in [0.25, 0.3) is 0 Å². The SMILES string of the molecule is CC1CCC(NS(=O)(=O)c2ccc(NN)cc2)C1. The van der Waals surface area contributed by atoms with Crippen LogP contribution in [0.1, 0.15) is 26.2 Å². The van der Waals surface area contributed by atoms with Gasteiger partial charge in [0.05, 0.1) is 4.90 Å². The number of benzene rings is 1. The van der Waals surface area contributed by atoms with E-state index >= 15 is 0 Å². The highest BCUT2D eigenvalue weighted by Crippen LogP contribution is 2.26. The molecule has 0 aromatic heterocycles. The normalized spacial score (nSPS) is 24.1. The van der Waals surface area contributed by atoms with Crippen molar-refractivity contribution in [2.75, 3.05) is 5.43 Å². The van der Waals surface area contributed by atoms with Gasteiger partial charge in [-0.1, -0.05) is 6.92 Å². The average molecular weight is 269 g/mol. The van der Waals surface area contributed by atoms with Crippen molar-refractivity contribution in [1.29, 1.82) is 0 Å². The lowest BCUT2D eigenvalue weighted by atomic mass is 10.1. The Morgan fingerprint density at radius 3 is 2.39 bits per heavy atom. The molecule has 18 heavy (non-hydrogen) atoms. The zero-order valence-electron chi connectivity index (χ0n) is 10.4. The minimum absolute atomic E-state index is 0.0670. The maximum atomic E-state index is 12.1. The summed E-state index contributed by atoms with van der Waals surface area (Å²) in [6.45, 7) is 2.15. The highest BCUT2D eigenvalue weighted by Gasteiger charge is 2.26. The molecular formula is C12H19N3O2S. The Labute approximate surface area is 108 Å². The molecule has 2 unspecified atom stereocenters. The topological polar surface area (TPSA) is 84.2 Å². The molecule has 0 heterocycles. The first kappa shape index (κ1) is 13.3. The lowest BCUT2D eigenvalue weighted by Crippen LogP contribution is -2.32. The Hall–Kier alpha value is -1.11. The molecule has 0 radical (unpaired) electrons. The predicted molar refractivity (Wildman–Crippen MR) is 71.4 cm³/mol. The standard InChI is InChI=1S/C12H19N3O2S/c1-9-2-3-11(8-9)15-18(16,17)12-6-4-10(14-13)5-7-12/h4-7,9,11,14-15H,2-3,8,13H2,1H3. The number of nitrogens with one attached hydrogen (secondary N) is 2. The van der Waals surface area contributed by atoms with Gasteiger partial charge in [0.15, 0.2) is 0 Å². The predicted octanol–water partition coefficient (Wildman–Crippen LogP) is 1.44. The number of rotatable bonds is 4. The van der Waals surface area contributed by atoms with Gasteiger partial charge in [-0.3, -0.25) is 5.84 Å². The van der Waals surface area contributed by atoms with E-state index in [9.17, 15) is 8.42 Å². The third kappa shape index (κ3) is 3.01. The number of hydrogen-bond donors (Lipinski definition) is 3. The number of nitrogens with two attached hydrogens (primary N) is 1. The monoisotopic (exact) mass is 269 g/mol. The summed E-state index contributed by atoms with van der Waals surface area (Å²) in [7, 11) is -3.41. The van der Waals surface area contributed by atoms with Crippen molar-refractivity contribution >= 4 is 15.7 Å². The van der Waals surface area contributed by atoms with Crippen molar-refractivity contribution in [3.63, 3.8) is 0 Å². The third-order valence-corrected chi connectivity index (χ3v) is 4.88. The molecule has 0 aliphatic heterocycles. The number of hydrogen-bond acceptors (Lipinski definition) is 4. The molecule has 2 atom stereocenters. The van der Waals surface area contributed by atoms with Gasteiger partial charge < -0.3 is 5.43 Å². The van der Waals surface area contributed by atoms with E-state index in [1.165, 1.54) is 0 Å². The fourth-order valence-electron chi connectivity index (χ4n) is 2.33. The van der Waals surface area contributed by atoms with Gasteiger partial charge >= 0.3 is 0 Å². The van der Waals surface area contributed by atoms with E-state index in [0.29, 0.717) is 11.6 Å². The maximum Gasteiger partial charge on any atom is 0.240 e. The minimum Gasteiger partial charge on any atom is -0.324 e. The smallest absolute Gasteiger partial charge is 0.240 e. The van der Waals surface area contributed by atoms with Crippen molar-refractivity contribution in [2.45, 2.75) is 37.1 Å². The van der Waals surface area contributed by atoms with Crippen LogP contribution < -0.4 is 16.0 Å². The van der Waals surface area contributed by atoms with Gasteiger partial charge in [-0.15, -0.1) is 0 Å². The van der Waals surface area contributed by atoms with Crippen molar-refractivity contribution in [1.82, 2.24) is 4.72 Å². The molecule has 1 aliphatic carbocycles. The maximum absolute atomic E-state index is 12.1. The van der Waals surface area contributed by atoms with E-state index in [1.54, 1.807) is 24.3 Å². The number of anilines is 1. The molecule has 0 saturated heterocycles. The van der Waals surface area contributed by atoms with Gasteiger partial charge in [0.1, 0.15) is 0 Å². The average Bonchev–Trinajstić information content (AvgIpc) is 2.74. The van der Waals surface area contributed by atoms with Crippen LogP contribution in [0.5, 0.6) is 0 Å². The molecule has 6 heteroatoms. The molecule has 100 valence electrons. The molecule has 1 aromatic carbocycles. The zero-order valence-corrected chi connectivity index (χ0v) is 11.2. The van der Waals surface area contributed by atoms with Crippen LogP contribution in [-0.4, -0.2) is 14.5 Å². The lowest BCUT2D eigenvalue weighted by molar-refractivity contribution is 0.538. The Bertz CT molecular complexity index is 499. The van der Waals surface area contributed by atoms with E-state index in [4.69, 9.17) is 5.84 Å². The quantitative estimate of drug-likeness (QED) is 0.570. The molecule has 2 rings (SSSR count). The molecule has 0 spiro atoms. The largest absolute Gasteiger partial charge is 0.324 e. The van der Waals surface area contributed by atoms with Gasteiger partial charge in [-0.2, -0.15) is 0 Å². The Morgan fingerprint density at radius 1 is 1.22 bits per heavy atom. The summed E-state index contributed by atoms with van der Waals surface area (Å²) in [6, 6.07) is 6.46. The summed E-state index contributed by atoms with van der Waals surface area (Å²) in [6.07, 6.45) is 2.92. The fraction of sp³-hybridized carbons (Fsp3) is 0.500. The highest BCUT2D eigenvalue weighted by molar-refractivity contribution is 7.89. The molecule has 1 aliphatic rings. The second kappa shape index (κ2) is 5.26. The summed E-state index contributed by atoms with van der Waals surface area (Å²) in [5, 5.41) is 0.